The quantitative estimate of drug-likeness (QED) is 0.442. The molecule has 0 aromatic carbocycles. The highest BCUT2D eigenvalue weighted by Crippen LogP contribution is 2.07. The Balaban J connectivity index is 1.89. The molecule has 0 amide bonds. The van der Waals surface area contributed by atoms with E-state index in [2.05, 4.69) is 11.5 Å². The Labute approximate surface area is 68.8 Å². The molecule has 2 nitrogen and oxygen atoms in total. The summed E-state index contributed by atoms with van der Waals surface area (Å²) >= 11 is 0. The minimum atomic E-state index is 0.819. The fraction of sp³-hybridized carbons (Fsp3) is 0.778. The van der Waals surface area contributed by atoms with Gasteiger partial charge in [-0.2, -0.15) is 0 Å². The summed E-state index contributed by atoms with van der Waals surface area (Å²) in [7, 11) is 0. The number of hydrogen-bond donors (Lipinski definition) is 0. The van der Waals surface area contributed by atoms with Gasteiger partial charge in [-0.25, -0.2) is 0 Å². The van der Waals surface area contributed by atoms with Crippen LogP contribution in [0.2, 0.25) is 0 Å². The second-order valence-electron chi connectivity index (χ2n) is 2.94. The minimum Gasteiger partial charge on any atom is -0.502 e. The van der Waals surface area contributed by atoms with Crippen molar-refractivity contribution in [2.75, 3.05) is 26.2 Å². The Morgan fingerprint density at radius 3 is 2.73 bits per heavy atom. The van der Waals surface area contributed by atoms with Crippen molar-refractivity contribution in [3.63, 3.8) is 0 Å². The summed E-state index contributed by atoms with van der Waals surface area (Å²) in [5, 5.41) is 0. The first-order valence-electron chi connectivity index (χ1n) is 4.38. The van der Waals surface area contributed by atoms with Crippen molar-refractivity contribution in [1.82, 2.24) is 4.90 Å². The molecule has 0 atom stereocenters. The highest BCUT2D eigenvalue weighted by atomic mass is 16.5. The SMILES string of the molecule is C=COCCCN1CCCC1. The topological polar surface area (TPSA) is 12.5 Å². The van der Waals surface area contributed by atoms with Crippen LogP contribution in [0.3, 0.4) is 0 Å². The molecule has 0 aromatic heterocycles. The van der Waals surface area contributed by atoms with E-state index >= 15 is 0 Å². The molecule has 2 heteroatoms. The van der Waals surface area contributed by atoms with Crippen molar-refractivity contribution in [2.24, 2.45) is 0 Å². The second kappa shape index (κ2) is 5.19. The lowest BCUT2D eigenvalue weighted by molar-refractivity contribution is 0.220. The van der Waals surface area contributed by atoms with Crippen LogP contribution < -0.4 is 0 Å². The molecule has 1 aliphatic rings. The van der Waals surface area contributed by atoms with Gasteiger partial charge >= 0.3 is 0 Å². The highest BCUT2D eigenvalue weighted by Gasteiger charge is 2.09. The maximum atomic E-state index is 5.03. The Morgan fingerprint density at radius 2 is 2.09 bits per heavy atom. The molecule has 1 fully saturated rings. The van der Waals surface area contributed by atoms with E-state index < -0.39 is 0 Å². The first-order chi connectivity index (χ1) is 5.43. The van der Waals surface area contributed by atoms with Crippen LogP contribution >= 0.6 is 0 Å². The molecule has 64 valence electrons. The molecular formula is C9H17NO. The van der Waals surface area contributed by atoms with E-state index in [4.69, 9.17) is 4.74 Å². The number of ether oxygens (including phenoxy) is 1. The Kier molecular flexibility index (Phi) is 4.06. The molecule has 0 spiro atoms. The molecule has 0 aliphatic carbocycles. The lowest BCUT2D eigenvalue weighted by atomic mass is 10.4. The van der Waals surface area contributed by atoms with Gasteiger partial charge in [0.05, 0.1) is 12.9 Å². The molecule has 11 heavy (non-hydrogen) atoms. The summed E-state index contributed by atoms with van der Waals surface area (Å²) in [4.78, 5) is 2.49. The molecule has 1 rings (SSSR count). The zero-order valence-corrected chi connectivity index (χ0v) is 7.09. The fourth-order valence-electron chi connectivity index (χ4n) is 1.46. The summed E-state index contributed by atoms with van der Waals surface area (Å²) in [5.74, 6) is 0. The van der Waals surface area contributed by atoms with Crippen molar-refractivity contribution in [2.45, 2.75) is 19.3 Å². The molecule has 0 bridgehead atoms. The van der Waals surface area contributed by atoms with Crippen LogP contribution in [0.15, 0.2) is 12.8 Å². The van der Waals surface area contributed by atoms with Gasteiger partial charge in [0, 0.05) is 6.54 Å². The number of rotatable bonds is 5. The molecule has 0 aromatic rings. The smallest absolute Gasteiger partial charge is 0.0885 e. The van der Waals surface area contributed by atoms with Gasteiger partial charge in [0.1, 0.15) is 0 Å². The van der Waals surface area contributed by atoms with E-state index in [1.807, 2.05) is 0 Å². The van der Waals surface area contributed by atoms with E-state index in [0.717, 1.165) is 13.0 Å². The third-order valence-corrected chi connectivity index (χ3v) is 2.05. The van der Waals surface area contributed by atoms with Crippen molar-refractivity contribution < 1.29 is 4.74 Å². The average molecular weight is 155 g/mol. The third-order valence-electron chi connectivity index (χ3n) is 2.05. The summed E-state index contributed by atoms with van der Waals surface area (Å²) in [6, 6.07) is 0. The monoisotopic (exact) mass is 155 g/mol. The average Bonchev–Trinajstić information content (AvgIpc) is 2.50. The molecule has 0 saturated carbocycles. The number of likely N-dealkylation sites (tertiary alicyclic amines) is 1. The first kappa shape index (κ1) is 8.60. The summed E-state index contributed by atoms with van der Waals surface area (Å²) < 4.78 is 5.03. The van der Waals surface area contributed by atoms with E-state index in [0.29, 0.717) is 0 Å². The van der Waals surface area contributed by atoms with Gasteiger partial charge in [0.2, 0.25) is 0 Å². The van der Waals surface area contributed by atoms with Gasteiger partial charge in [-0.3, -0.25) is 0 Å². The maximum absolute atomic E-state index is 5.03. The molecule has 1 saturated heterocycles. The van der Waals surface area contributed by atoms with Crippen LogP contribution in [0.1, 0.15) is 19.3 Å². The largest absolute Gasteiger partial charge is 0.502 e. The van der Waals surface area contributed by atoms with E-state index in [1.54, 1.807) is 0 Å². The van der Waals surface area contributed by atoms with E-state index in [9.17, 15) is 0 Å². The maximum Gasteiger partial charge on any atom is 0.0885 e. The Bertz CT molecular complexity index is 108. The van der Waals surface area contributed by atoms with Crippen LogP contribution in [0.25, 0.3) is 0 Å². The fourth-order valence-corrected chi connectivity index (χ4v) is 1.46. The second-order valence-corrected chi connectivity index (χ2v) is 2.94. The Morgan fingerprint density at radius 1 is 1.36 bits per heavy atom. The Hall–Kier alpha value is -0.500. The molecule has 0 N–H and O–H groups in total. The summed E-state index contributed by atoms with van der Waals surface area (Å²) in [6.07, 6.45) is 5.40. The first-order valence-corrected chi connectivity index (χ1v) is 4.38. The summed E-state index contributed by atoms with van der Waals surface area (Å²) in [5.41, 5.74) is 0. The minimum absolute atomic E-state index is 0.819. The van der Waals surface area contributed by atoms with Gasteiger partial charge in [-0.05, 0) is 32.4 Å². The standard InChI is InChI=1S/C9H17NO/c1-2-11-9-5-8-10-6-3-4-7-10/h2H,1,3-9H2. The zero-order valence-electron chi connectivity index (χ0n) is 7.09. The predicted molar refractivity (Wildman–Crippen MR) is 46.4 cm³/mol. The normalized spacial score (nSPS) is 18.5. The van der Waals surface area contributed by atoms with Crippen LogP contribution in [-0.4, -0.2) is 31.1 Å². The zero-order chi connectivity index (χ0) is 7.94. The third kappa shape index (κ3) is 3.42. The van der Waals surface area contributed by atoms with Crippen molar-refractivity contribution in [3.8, 4) is 0 Å². The van der Waals surface area contributed by atoms with Gasteiger partial charge in [0.15, 0.2) is 0 Å². The lowest BCUT2D eigenvalue weighted by Gasteiger charge is -2.13. The summed E-state index contributed by atoms with van der Waals surface area (Å²) in [6.45, 7) is 8.07. The van der Waals surface area contributed by atoms with Crippen molar-refractivity contribution in [1.29, 1.82) is 0 Å². The lowest BCUT2D eigenvalue weighted by Crippen LogP contribution is -2.21. The van der Waals surface area contributed by atoms with Crippen molar-refractivity contribution >= 4 is 0 Å². The van der Waals surface area contributed by atoms with Crippen LogP contribution in [0.5, 0.6) is 0 Å². The molecule has 0 unspecified atom stereocenters. The van der Waals surface area contributed by atoms with Crippen LogP contribution in [-0.2, 0) is 4.74 Å². The van der Waals surface area contributed by atoms with E-state index in [-0.39, 0.29) is 0 Å². The van der Waals surface area contributed by atoms with E-state index in [1.165, 1.54) is 38.7 Å². The number of hydrogen-bond acceptors (Lipinski definition) is 2. The van der Waals surface area contributed by atoms with Crippen LogP contribution in [0, 0.1) is 0 Å². The van der Waals surface area contributed by atoms with Gasteiger partial charge < -0.3 is 9.64 Å². The van der Waals surface area contributed by atoms with Gasteiger partial charge in [-0.15, -0.1) is 0 Å². The molecule has 1 aliphatic heterocycles. The molecule has 0 radical (unpaired) electrons. The predicted octanol–water partition coefficient (Wildman–Crippen LogP) is 1.63. The molecular weight excluding hydrogens is 138 g/mol. The van der Waals surface area contributed by atoms with Crippen LogP contribution in [0.4, 0.5) is 0 Å². The van der Waals surface area contributed by atoms with Gasteiger partial charge in [0.25, 0.3) is 0 Å². The highest BCUT2D eigenvalue weighted by molar-refractivity contribution is 4.65. The van der Waals surface area contributed by atoms with Gasteiger partial charge in [-0.1, -0.05) is 6.58 Å². The molecule has 1 heterocycles. The van der Waals surface area contributed by atoms with Crippen molar-refractivity contribution in [3.05, 3.63) is 12.8 Å². The number of nitrogens with zero attached hydrogens (tertiary/aromatic N) is 1.